The van der Waals surface area contributed by atoms with E-state index in [1.165, 1.54) is 12.1 Å². The van der Waals surface area contributed by atoms with E-state index in [9.17, 15) is 4.39 Å². The Kier molecular flexibility index (Phi) is 6.29. The highest BCUT2D eigenvalue weighted by molar-refractivity contribution is 14.1. The van der Waals surface area contributed by atoms with Gasteiger partial charge in [0.25, 0.3) is 0 Å². The summed E-state index contributed by atoms with van der Waals surface area (Å²) in [7, 11) is 0. The number of hydrogen-bond acceptors (Lipinski definition) is 1. The Bertz CT molecular complexity index is 634. The molecule has 0 spiro atoms. The molecule has 5 heteroatoms. The quantitative estimate of drug-likeness (QED) is 0.580. The van der Waals surface area contributed by atoms with Crippen molar-refractivity contribution in [2.24, 2.45) is 0 Å². The standard InChI is InChI=1S/C16H15Cl2FIN/c1-2-7-21-16(10-3-6-15(20)14(18)8-10)12-9-11(19)4-5-13(12)17/h3-6,8-9,16,21H,2,7H2,1H3. The molecule has 0 heterocycles. The van der Waals surface area contributed by atoms with Crippen LogP contribution in [0.2, 0.25) is 10.0 Å². The third-order valence-corrected chi connectivity index (χ3v) is 5.06. The molecule has 1 N–H and O–H groups in total. The normalized spacial score (nSPS) is 12.4. The minimum absolute atomic E-state index is 0.178. The van der Waals surface area contributed by atoms with Crippen LogP contribution in [0.25, 0.3) is 0 Å². The van der Waals surface area contributed by atoms with E-state index in [2.05, 4.69) is 34.8 Å². The zero-order valence-electron chi connectivity index (χ0n) is 11.5. The lowest BCUT2D eigenvalue weighted by molar-refractivity contribution is 0.585. The third-order valence-electron chi connectivity index (χ3n) is 3.14. The minimum Gasteiger partial charge on any atom is -0.306 e. The first-order chi connectivity index (χ1) is 10.0. The lowest BCUT2D eigenvalue weighted by atomic mass is 9.98. The van der Waals surface area contributed by atoms with E-state index in [0.29, 0.717) is 10.0 Å². The molecule has 1 atom stereocenters. The van der Waals surface area contributed by atoms with Crippen molar-refractivity contribution in [3.8, 4) is 0 Å². The van der Waals surface area contributed by atoms with Crippen molar-refractivity contribution in [1.29, 1.82) is 0 Å². The van der Waals surface area contributed by atoms with Gasteiger partial charge in [-0.1, -0.05) is 36.2 Å². The molecule has 0 saturated carbocycles. The first-order valence-electron chi connectivity index (χ1n) is 6.66. The molecule has 21 heavy (non-hydrogen) atoms. The largest absolute Gasteiger partial charge is 0.306 e. The van der Waals surface area contributed by atoms with Gasteiger partial charge in [0, 0.05) is 8.59 Å². The molecule has 0 aliphatic carbocycles. The third kappa shape index (κ3) is 4.31. The topological polar surface area (TPSA) is 12.0 Å². The second-order valence-electron chi connectivity index (χ2n) is 4.73. The van der Waals surface area contributed by atoms with Gasteiger partial charge >= 0.3 is 0 Å². The molecule has 0 saturated heterocycles. The molecule has 1 unspecified atom stereocenters. The summed E-state index contributed by atoms with van der Waals surface area (Å²) in [6.07, 6.45) is 0.974. The predicted molar refractivity (Wildman–Crippen MR) is 95.7 cm³/mol. The van der Waals surface area contributed by atoms with Gasteiger partial charge in [-0.25, -0.2) is 4.39 Å². The van der Waals surface area contributed by atoms with Gasteiger partial charge in [-0.15, -0.1) is 0 Å². The average Bonchev–Trinajstić information content (AvgIpc) is 2.46. The molecular weight excluding hydrogens is 423 g/mol. The Morgan fingerprint density at radius 2 is 1.90 bits per heavy atom. The zero-order valence-corrected chi connectivity index (χ0v) is 15.1. The fraction of sp³-hybridized carbons (Fsp3) is 0.250. The van der Waals surface area contributed by atoms with E-state index in [-0.39, 0.29) is 11.9 Å². The van der Waals surface area contributed by atoms with Gasteiger partial charge in [0.1, 0.15) is 5.82 Å². The van der Waals surface area contributed by atoms with Crippen molar-refractivity contribution < 1.29 is 4.39 Å². The molecule has 0 bridgehead atoms. The highest BCUT2D eigenvalue weighted by Crippen LogP contribution is 2.31. The monoisotopic (exact) mass is 437 g/mol. The van der Waals surface area contributed by atoms with Gasteiger partial charge in [-0.05, 0) is 77.0 Å². The molecule has 0 aliphatic heterocycles. The molecular formula is C16H15Cl2FIN. The van der Waals surface area contributed by atoms with E-state index in [1.807, 2.05) is 18.2 Å². The number of halogens is 4. The number of hydrogen-bond donors (Lipinski definition) is 1. The molecule has 0 aromatic heterocycles. The number of benzene rings is 2. The summed E-state index contributed by atoms with van der Waals surface area (Å²) in [6.45, 7) is 2.89. The van der Waals surface area contributed by atoms with Crippen molar-refractivity contribution in [3.63, 3.8) is 0 Å². The van der Waals surface area contributed by atoms with Gasteiger partial charge < -0.3 is 5.32 Å². The highest BCUT2D eigenvalue weighted by atomic mass is 127. The zero-order chi connectivity index (χ0) is 15.4. The van der Waals surface area contributed by atoms with Crippen molar-refractivity contribution >= 4 is 45.8 Å². The molecule has 0 amide bonds. The SMILES string of the molecule is CCCNC(c1ccc(I)c(Cl)c1)c1cc(F)ccc1Cl. The Labute approximate surface area is 148 Å². The molecule has 0 aliphatic rings. The molecule has 112 valence electrons. The van der Waals surface area contributed by atoms with Crippen LogP contribution in [0.15, 0.2) is 36.4 Å². The summed E-state index contributed by atoms with van der Waals surface area (Å²) in [5, 5.41) is 4.63. The summed E-state index contributed by atoms with van der Waals surface area (Å²) < 4.78 is 14.6. The molecule has 0 radical (unpaired) electrons. The Morgan fingerprint density at radius 1 is 1.14 bits per heavy atom. The van der Waals surface area contributed by atoms with Crippen LogP contribution in [-0.2, 0) is 0 Å². The first-order valence-corrected chi connectivity index (χ1v) is 8.49. The second kappa shape index (κ2) is 7.77. The summed E-state index contributed by atoms with van der Waals surface area (Å²) in [4.78, 5) is 0. The number of nitrogens with one attached hydrogen (secondary N) is 1. The Morgan fingerprint density at radius 3 is 2.57 bits per heavy atom. The van der Waals surface area contributed by atoms with Crippen molar-refractivity contribution in [2.45, 2.75) is 19.4 Å². The van der Waals surface area contributed by atoms with Gasteiger partial charge in [0.15, 0.2) is 0 Å². The Balaban J connectivity index is 2.46. The van der Waals surface area contributed by atoms with Crippen LogP contribution < -0.4 is 5.32 Å². The lowest BCUT2D eigenvalue weighted by Crippen LogP contribution is -2.23. The second-order valence-corrected chi connectivity index (χ2v) is 6.70. The van der Waals surface area contributed by atoms with Crippen LogP contribution in [0, 0.1) is 9.39 Å². The van der Waals surface area contributed by atoms with Gasteiger partial charge in [-0.2, -0.15) is 0 Å². The maximum atomic E-state index is 13.6. The van der Waals surface area contributed by atoms with Gasteiger partial charge in [0.05, 0.1) is 11.1 Å². The summed E-state index contributed by atoms with van der Waals surface area (Å²) in [5.74, 6) is -0.297. The van der Waals surface area contributed by atoms with Gasteiger partial charge in [0.2, 0.25) is 0 Å². The van der Waals surface area contributed by atoms with Crippen LogP contribution in [0.3, 0.4) is 0 Å². The van der Waals surface area contributed by atoms with Gasteiger partial charge in [-0.3, -0.25) is 0 Å². The number of rotatable bonds is 5. The predicted octanol–water partition coefficient (Wildman–Crippen LogP) is 5.83. The molecule has 1 nitrogen and oxygen atoms in total. The Hall–Kier alpha value is -0.360. The van der Waals surface area contributed by atoms with Crippen LogP contribution in [0.5, 0.6) is 0 Å². The fourth-order valence-electron chi connectivity index (χ4n) is 2.12. The fourth-order valence-corrected chi connectivity index (χ4v) is 2.87. The summed E-state index contributed by atoms with van der Waals surface area (Å²) in [5.41, 5.74) is 1.70. The molecule has 2 rings (SSSR count). The van der Waals surface area contributed by atoms with Crippen LogP contribution in [-0.4, -0.2) is 6.54 Å². The lowest BCUT2D eigenvalue weighted by Gasteiger charge is -2.21. The van der Waals surface area contributed by atoms with E-state index in [0.717, 1.165) is 27.7 Å². The first kappa shape index (κ1) is 17.0. The smallest absolute Gasteiger partial charge is 0.123 e. The van der Waals surface area contributed by atoms with Crippen LogP contribution in [0.1, 0.15) is 30.5 Å². The minimum atomic E-state index is -0.297. The maximum absolute atomic E-state index is 13.6. The van der Waals surface area contributed by atoms with E-state index in [4.69, 9.17) is 23.2 Å². The van der Waals surface area contributed by atoms with E-state index >= 15 is 0 Å². The highest BCUT2D eigenvalue weighted by Gasteiger charge is 2.18. The van der Waals surface area contributed by atoms with Crippen molar-refractivity contribution in [1.82, 2.24) is 5.32 Å². The van der Waals surface area contributed by atoms with E-state index < -0.39 is 0 Å². The molecule has 0 fully saturated rings. The van der Waals surface area contributed by atoms with Crippen LogP contribution in [0.4, 0.5) is 4.39 Å². The van der Waals surface area contributed by atoms with Crippen molar-refractivity contribution in [3.05, 3.63) is 67.0 Å². The summed E-state index contributed by atoms with van der Waals surface area (Å²) >= 11 is 14.6. The van der Waals surface area contributed by atoms with Crippen molar-refractivity contribution in [2.75, 3.05) is 6.54 Å². The maximum Gasteiger partial charge on any atom is 0.123 e. The summed E-state index contributed by atoms with van der Waals surface area (Å²) in [6, 6.07) is 10.1. The van der Waals surface area contributed by atoms with Crippen LogP contribution >= 0.6 is 45.8 Å². The molecule has 2 aromatic rings. The molecule has 2 aromatic carbocycles. The average molecular weight is 438 g/mol. The van der Waals surface area contributed by atoms with E-state index in [1.54, 1.807) is 6.07 Å².